The molecule has 0 aromatic heterocycles. The van der Waals surface area contributed by atoms with E-state index in [4.69, 9.17) is 4.74 Å². The molecule has 2 aromatic rings. The maximum absolute atomic E-state index is 12.1. The minimum absolute atomic E-state index is 0.00509. The molecule has 0 radical (unpaired) electrons. The Balaban J connectivity index is 1.98. The molecule has 0 unspecified atom stereocenters. The Hall–Kier alpha value is -3.22. The summed E-state index contributed by atoms with van der Waals surface area (Å²) in [6.07, 6.45) is 0. The maximum atomic E-state index is 12.1. The number of hydrogen-bond acceptors (Lipinski definition) is 5. The van der Waals surface area contributed by atoms with Gasteiger partial charge in [-0.1, -0.05) is 45.0 Å². The number of carbonyl (C=O) groups excluding carboxylic acids is 1. The van der Waals surface area contributed by atoms with Crippen molar-refractivity contribution in [2.24, 2.45) is 5.10 Å². The average Bonchev–Trinajstić information content (AvgIpc) is 2.64. The molecule has 2 rings (SSSR count). The number of nitrogens with one attached hydrogen (secondary N) is 1. The number of aryl methyl sites for hydroxylation is 2. The summed E-state index contributed by atoms with van der Waals surface area (Å²) in [4.78, 5) is 22.5. The van der Waals surface area contributed by atoms with Gasteiger partial charge in [-0.2, -0.15) is 5.10 Å². The molecule has 0 spiro atoms. The molecular formula is C22H27N3O4. The zero-order valence-corrected chi connectivity index (χ0v) is 17.7. The Morgan fingerprint density at radius 1 is 1.14 bits per heavy atom. The minimum atomic E-state index is -0.456. The van der Waals surface area contributed by atoms with Gasteiger partial charge in [-0.15, -0.1) is 0 Å². The SMILES string of the molecule is C/C(=N\NC(=O)COc1c(C)cc([N+](=O)[O-])cc1C)c1ccc(C(C)(C)C)cc1. The third-order valence-electron chi connectivity index (χ3n) is 4.52. The maximum Gasteiger partial charge on any atom is 0.277 e. The zero-order valence-electron chi connectivity index (χ0n) is 17.7. The number of nitro benzene ring substituents is 1. The van der Waals surface area contributed by atoms with Crippen LogP contribution in [0.3, 0.4) is 0 Å². The predicted molar refractivity (Wildman–Crippen MR) is 114 cm³/mol. The van der Waals surface area contributed by atoms with Crippen LogP contribution < -0.4 is 10.2 Å². The Bertz CT molecular complexity index is 919. The highest BCUT2D eigenvalue weighted by Gasteiger charge is 2.15. The van der Waals surface area contributed by atoms with E-state index in [0.29, 0.717) is 22.6 Å². The number of benzene rings is 2. The summed E-state index contributed by atoms with van der Waals surface area (Å²) >= 11 is 0. The molecule has 0 atom stereocenters. The summed E-state index contributed by atoms with van der Waals surface area (Å²) in [6.45, 7) is 11.4. The van der Waals surface area contributed by atoms with Crippen molar-refractivity contribution in [2.75, 3.05) is 6.61 Å². The van der Waals surface area contributed by atoms with Crippen LogP contribution in [0.5, 0.6) is 5.75 Å². The molecule has 0 saturated carbocycles. The summed E-state index contributed by atoms with van der Waals surface area (Å²) in [7, 11) is 0. The van der Waals surface area contributed by atoms with E-state index in [9.17, 15) is 14.9 Å². The first kappa shape index (κ1) is 22.1. The Kier molecular flexibility index (Phi) is 6.74. The van der Waals surface area contributed by atoms with E-state index in [1.807, 2.05) is 19.1 Å². The molecule has 0 fully saturated rings. The van der Waals surface area contributed by atoms with Crippen LogP contribution in [-0.4, -0.2) is 23.1 Å². The molecular weight excluding hydrogens is 370 g/mol. The molecule has 0 saturated heterocycles. The van der Waals surface area contributed by atoms with Crippen molar-refractivity contribution in [1.29, 1.82) is 0 Å². The number of hydrazone groups is 1. The first-order chi connectivity index (χ1) is 13.5. The Labute approximate surface area is 170 Å². The van der Waals surface area contributed by atoms with Gasteiger partial charge >= 0.3 is 0 Å². The number of rotatable bonds is 6. The number of carbonyl (C=O) groups is 1. The standard InChI is InChI=1S/C22H27N3O4/c1-14-11-19(25(27)28)12-15(2)21(14)29-13-20(26)24-23-16(3)17-7-9-18(10-8-17)22(4,5)6/h7-12H,13H2,1-6H3,(H,24,26)/b23-16+. The fourth-order valence-corrected chi connectivity index (χ4v) is 2.85. The second-order valence-corrected chi connectivity index (χ2v) is 8.01. The summed E-state index contributed by atoms with van der Waals surface area (Å²) in [5, 5.41) is 15.0. The van der Waals surface area contributed by atoms with E-state index in [2.05, 4.69) is 43.4 Å². The summed E-state index contributed by atoms with van der Waals surface area (Å²) in [5.41, 5.74) is 6.57. The lowest BCUT2D eigenvalue weighted by molar-refractivity contribution is -0.385. The summed E-state index contributed by atoms with van der Waals surface area (Å²) in [5.74, 6) is 0.0528. The lowest BCUT2D eigenvalue weighted by Crippen LogP contribution is -2.26. The quantitative estimate of drug-likeness (QED) is 0.443. The van der Waals surface area contributed by atoms with Crippen LogP contribution in [0.25, 0.3) is 0 Å². The molecule has 0 aliphatic heterocycles. The smallest absolute Gasteiger partial charge is 0.277 e. The second kappa shape index (κ2) is 8.86. The fraction of sp³-hybridized carbons (Fsp3) is 0.364. The van der Waals surface area contributed by atoms with Crippen LogP contribution in [0.4, 0.5) is 5.69 Å². The van der Waals surface area contributed by atoms with Crippen LogP contribution in [0.15, 0.2) is 41.5 Å². The molecule has 0 bridgehead atoms. The molecule has 7 nitrogen and oxygen atoms in total. The zero-order chi connectivity index (χ0) is 21.8. The van der Waals surface area contributed by atoms with Crippen molar-refractivity contribution in [2.45, 2.75) is 47.0 Å². The van der Waals surface area contributed by atoms with Gasteiger partial charge in [0.25, 0.3) is 11.6 Å². The lowest BCUT2D eigenvalue weighted by Gasteiger charge is -2.19. The van der Waals surface area contributed by atoms with Gasteiger partial charge in [0.15, 0.2) is 6.61 Å². The fourth-order valence-electron chi connectivity index (χ4n) is 2.85. The number of nitro groups is 1. The van der Waals surface area contributed by atoms with Gasteiger partial charge in [-0.3, -0.25) is 14.9 Å². The van der Waals surface area contributed by atoms with Crippen molar-refractivity contribution in [3.63, 3.8) is 0 Å². The highest BCUT2D eigenvalue weighted by molar-refractivity contribution is 5.99. The number of nitrogens with zero attached hydrogens (tertiary/aromatic N) is 2. The van der Waals surface area contributed by atoms with Gasteiger partial charge in [0.1, 0.15) is 5.75 Å². The van der Waals surface area contributed by atoms with E-state index in [0.717, 1.165) is 5.56 Å². The number of ether oxygens (including phenoxy) is 1. The largest absolute Gasteiger partial charge is 0.483 e. The molecule has 29 heavy (non-hydrogen) atoms. The molecule has 0 aliphatic rings. The van der Waals surface area contributed by atoms with Crippen LogP contribution in [0.1, 0.15) is 49.9 Å². The van der Waals surface area contributed by atoms with Crippen molar-refractivity contribution in [1.82, 2.24) is 5.43 Å². The van der Waals surface area contributed by atoms with Gasteiger partial charge in [-0.25, -0.2) is 5.43 Å². The molecule has 0 aliphatic carbocycles. The summed E-state index contributed by atoms with van der Waals surface area (Å²) < 4.78 is 5.55. The second-order valence-electron chi connectivity index (χ2n) is 8.01. The van der Waals surface area contributed by atoms with E-state index in [1.54, 1.807) is 13.8 Å². The summed E-state index contributed by atoms with van der Waals surface area (Å²) in [6, 6.07) is 10.9. The minimum Gasteiger partial charge on any atom is -0.483 e. The topological polar surface area (TPSA) is 93.8 Å². The average molecular weight is 397 g/mol. The lowest BCUT2D eigenvalue weighted by atomic mass is 9.86. The molecule has 2 aromatic carbocycles. The molecule has 0 heterocycles. The van der Waals surface area contributed by atoms with Crippen LogP contribution in [0, 0.1) is 24.0 Å². The van der Waals surface area contributed by atoms with Crippen LogP contribution in [0.2, 0.25) is 0 Å². The van der Waals surface area contributed by atoms with E-state index in [1.165, 1.54) is 17.7 Å². The van der Waals surface area contributed by atoms with Crippen LogP contribution in [-0.2, 0) is 10.2 Å². The van der Waals surface area contributed by atoms with Gasteiger partial charge < -0.3 is 4.74 Å². The first-order valence-electron chi connectivity index (χ1n) is 9.31. The van der Waals surface area contributed by atoms with Crippen molar-refractivity contribution < 1.29 is 14.5 Å². The highest BCUT2D eigenvalue weighted by Crippen LogP contribution is 2.28. The van der Waals surface area contributed by atoms with Crippen molar-refractivity contribution >= 4 is 17.3 Å². The molecule has 154 valence electrons. The Morgan fingerprint density at radius 3 is 2.17 bits per heavy atom. The highest BCUT2D eigenvalue weighted by atomic mass is 16.6. The monoisotopic (exact) mass is 397 g/mol. The third kappa shape index (κ3) is 5.88. The Morgan fingerprint density at radius 2 is 1.69 bits per heavy atom. The molecule has 7 heteroatoms. The van der Waals surface area contributed by atoms with Gasteiger partial charge in [0.05, 0.1) is 10.6 Å². The van der Waals surface area contributed by atoms with Gasteiger partial charge in [-0.05, 0) is 48.4 Å². The van der Waals surface area contributed by atoms with E-state index < -0.39 is 10.8 Å². The van der Waals surface area contributed by atoms with Gasteiger partial charge in [0, 0.05) is 12.1 Å². The van der Waals surface area contributed by atoms with Crippen molar-refractivity contribution in [3.05, 3.63) is 68.8 Å². The first-order valence-corrected chi connectivity index (χ1v) is 9.31. The van der Waals surface area contributed by atoms with Crippen LogP contribution >= 0.6 is 0 Å². The number of non-ortho nitro benzene ring substituents is 1. The van der Waals surface area contributed by atoms with Gasteiger partial charge in [0.2, 0.25) is 0 Å². The predicted octanol–water partition coefficient (Wildman–Crippen LogP) is 4.43. The normalized spacial score (nSPS) is 11.9. The van der Waals surface area contributed by atoms with E-state index in [-0.39, 0.29) is 17.7 Å². The number of amides is 1. The number of hydrogen-bond donors (Lipinski definition) is 1. The van der Waals surface area contributed by atoms with E-state index >= 15 is 0 Å². The van der Waals surface area contributed by atoms with Crippen molar-refractivity contribution in [3.8, 4) is 5.75 Å². The molecule has 1 amide bonds. The molecule has 1 N–H and O–H groups in total. The third-order valence-corrected chi connectivity index (χ3v) is 4.52.